The van der Waals surface area contributed by atoms with Crippen molar-refractivity contribution in [1.82, 2.24) is 4.72 Å². The van der Waals surface area contributed by atoms with E-state index in [0.717, 1.165) is 31.7 Å². The van der Waals surface area contributed by atoms with Crippen molar-refractivity contribution in [2.24, 2.45) is 0 Å². The zero-order chi connectivity index (χ0) is 17.2. The molecule has 1 aliphatic heterocycles. The third-order valence-electron chi connectivity index (χ3n) is 4.37. The molecular weight excluding hydrogens is 336 g/mol. The first-order chi connectivity index (χ1) is 11.4. The van der Waals surface area contributed by atoms with Gasteiger partial charge in [0, 0.05) is 31.5 Å². The first kappa shape index (κ1) is 17.3. The van der Waals surface area contributed by atoms with Crippen LogP contribution >= 0.6 is 0 Å². The van der Waals surface area contributed by atoms with Crippen LogP contribution < -0.4 is 4.72 Å². The van der Waals surface area contributed by atoms with E-state index < -0.39 is 20.7 Å². The summed E-state index contributed by atoms with van der Waals surface area (Å²) in [7, 11) is -3.84. The minimum atomic E-state index is -3.84. The molecule has 1 saturated carbocycles. The molecule has 0 aromatic heterocycles. The van der Waals surface area contributed by atoms with Gasteiger partial charge in [-0.3, -0.25) is 10.1 Å². The number of hydrogen-bond donors (Lipinski definition) is 1. The van der Waals surface area contributed by atoms with E-state index >= 15 is 0 Å². The van der Waals surface area contributed by atoms with Crippen molar-refractivity contribution in [3.63, 3.8) is 0 Å². The number of nitro benzene ring substituents is 1. The van der Waals surface area contributed by atoms with Crippen LogP contribution in [0, 0.1) is 10.1 Å². The third-order valence-corrected chi connectivity index (χ3v) is 5.79. The zero-order valence-corrected chi connectivity index (χ0v) is 14.0. The van der Waals surface area contributed by atoms with Gasteiger partial charge in [-0.2, -0.15) is 0 Å². The first-order valence-electron chi connectivity index (χ1n) is 7.96. The van der Waals surface area contributed by atoms with Crippen molar-refractivity contribution in [3.05, 3.63) is 34.4 Å². The summed E-state index contributed by atoms with van der Waals surface area (Å²) in [5.41, 5.74) is -0.264. The van der Waals surface area contributed by atoms with E-state index in [1.165, 1.54) is 24.6 Å². The number of nitrogens with zero attached hydrogens (tertiary/aromatic N) is 1. The van der Waals surface area contributed by atoms with Crippen molar-refractivity contribution >= 4 is 15.7 Å². The Morgan fingerprint density at radius 2 is 2.04 bits per heavy atom. The van der Waals surface area contributed by atoms with E-state index in [0.29, 0.717) is 6.61 Å². The van der Waals surface area contributed by atoms with Crippen molar-refractivity contribution in [1.29, 1.82) is 0 Å². The van der Waals surface area contributed by atoms with Crippen molar-refractivity contribution in [2.45, 2.75) is 48.9 Å². The molecule has 0 bridgehead atoms. The highest BCUT2D eigenvalue weighted by Gasteiger charge is 2.42. The molecule has 3 rings (SSSR count). The minimum Gasteiger partial charge on any atom is -0.347 e. The second-order valence-electron chi connectivity index (χ2n) is 6.13. The molecule has 132 valence electrons. The quantitative estimate of drug-likeness (QED) is 0.638. The fourth-order valence-electron chi connectivity index (χ4n) is 3.12. The summed E-state index contributed by atoms with van der Waals surface area (Å²) in [5.74, 6) is -0.556. The van der Waals surface area contributed by atoms with Crippen LogP contribution in [0.4, 0.5) is 5.69 Å². The monoisotopic (exact) mass is 356 g/mol. The summed E-state index contributed by atoms with van der Waals surface area (Å²) in [6.07, 6.45) is 4.58. The molecule has 1 N–H and O–H groups in total. The van der Waals surface area contributed by atoms with Gasteiger partial charge in [0.15, 0.2) is 5.79 Å². The smallest absolute Gasteiger partial charge is 0.270 e. The minimum absolute atomic E-state index is 0.0762. The molecule has 1 spiro atoms. The summed E-state index contributed by atoms with van der Waals surface area (Å²) in [6, 6.07) is 4.96. The van der Waals surface area contributed by atoms with Gasteiger partial charge < -0.3 is 9.47 Å². The van der Waals surface area contributed by atoms with Crippen LogP contribution in [0.25, 0.3) is 0 Å². The van der Waals surface area contributed by atoms with E-state index in [2.05, 4.69) is 4.72 Å². The van der Waals surface area contributed by atoms with E-state index in [-0.39, 0.29) is 23.2 Å². The van der Waals surface area contributed by atoms with Crippen molar-refractivity contribution in [3.8, 4) is 0 Å². The summed E-state index contributed by atoms with van der Waals surface area (Å²) in [4.78, 5) is 10.0. The summed E-state index contributed by atoms with van der Waals surface area (Å²) in [6.45, 7) is 0.421. The molecule has 1 aliphatic carbocycles. The SMILES string of the molecule is O=[N+]([O-])c1cccc(S(=O)(=O)NC[C@H]2COC3(CCCCC3)O2)c1. The number of ether oxygens (including phenoxy) is 2. The maximum absolute atomic E-state index is 12.3. The second-order valence-corrected chi connectivity index (χ2v) is 7.90. The lowest BCUT2D eigenvalue weighted by atomic mass is 9.94. The number of nitro groups is 1. The lowest BCUT2D eigenvalue weighted by molar-refractivity contribution is -0.385. The number of non-ortho nitro benzene ring substituents is 1. The molecule has 0 unspecified atom stereocenters. The van der Waals surface area contributed by atoms with Crippen LogP contribution in [0.15, 0.2) is 29.2 Å². The zero-order valence-electron chi connectivity index (χ0n) is 13.1. The molecule has 9 heteroatoms. The topological polar surface area (TPSA) is 108 Å². The molecule has 1 aromatic rings. The number of rotatable bonds is 5. The Morgan fingerprint density at radius 3 is 2.75 bits per heavy atom. The molecule has 1 atom stereocenters. The third kappa shape index (κ3) is 3.75. The molecule has 8 nitrogen and oxygen atoms in total. The summed E-state index contributed by atoms with van der Waals surface area (Å²) < 4.78 is 38.7. The fourth-order valence-corrected chi connectivity index (χ4v) is 4.23. The van der Waals surface area contributed by atoms with Gasteiger partial charge in [0.05, 0.1) is 22.5 Å². The van der Waals surface area contributed by atoms with Gasteiger partial charge >= 0.3 is 0 Å². The van der Waals surface area contributed by atoms with Crippen LogP contribution in [-0.4, -0.2) is 38.4 Å². The van der Waals surface area contributed by atoms with E-state index in [4.69, 9.17) is 9.47 Å². The Hall–Kier alpha value is -1.55. The van der Waals surface area contributed by atoms with Gasteiger partial charge in [0.2, 0.25) is 10.0 Å². The number of nitrogens with one attached hydrogen (secondary N) is 1. The van der Waals surface area contributed by atoms with Gasteiger partial charge in [0.1, 0.15) is 0 Å². The summed E-state index contributed by atoms with van der Waals surface area (Å²) in [5, 5.41) is 10.8. The molecular formula is C15H20N2O6S. The Morgan fingerprint density at radius 1 is 1.29 bits per heavy atom. The number of sulfonamides is 1. The maximum Gasteiger partial charge on any atom is 0.270 e. The predicted octanol–water partition coefficient (Wildman–Crippen LogP) is 1.95. The second kappa shape index (κ2) is 6.75. The highest BCUT2D eigenvalue weighted by molar-refractivity contribution is 7.89. The Kier molecular flexibility index (Phi) is 4.86. The maximum atomic E-state index is 12.3. The van der Waals surface area contributed by atoms with E-state index in [9.17, 15) is 18.5 Å². The van der Waals surface area contributed by atoms with Gasteiger partial charge in [-0.1, -0.05) is 12.5 Å². The van der Waals surface area contributed by atoms with Crippen molar-refractivity contribution < 1.29 is 22.8 Å². The molecule has 0 amide bonds. The van der Waals surface area contributed by atoms with Gasteiger partial charge in [-0.15, -0.1) is 0 Å². The van der Waals surface area contributed by atoms with Crippen LogP contribution in [-0.2, 0) is 19.5 Å². The largest absolute Gasteiger partial charge is 0.347 e. The summed E-state index contributed by atoms with van der Waals surface area (Å²) >= 11 is 0. The molecule has 2 fully saturated rings. The van der Waals surface area contributed by atoms with Crippen LogP contribution in [0.5, 0.6) is 0 Å². The lowest BCUT2D eigenvalue weighted by Crippen LogP contribution is -2.37. The fraction of sp³-hybridized carbons (Fsp3) is 0.600. The standard InChI is InChI=1S/C15H20N2O6S/c18-17(19)12-5-4-6-14(9-12)24(20,21)16-10-13-11-22-15(23-13)7-2-1-3-8-15/h4-6,9,13,16H,1-3,7-8,10-11H2/t13-/m0/s1. The Balaban J connectivity index is 1.61. The highest BCUT2D eigenvalue weighted by Crippen LogP contribution is 2.37. The number of benzene rings is 1. The molecule has 1 heterocycles. The predicted molar refractivity (Wildman–Crippen MR) is 84.9 cm³/mol. The lowest BCUT2D eigenvalue weighted by Gasteiger charge is -2.31. The first-order valence-corrected chi connectivity index (χ1v) is 9.44. The van der Waals surface area contributed by atoms with Gasteiger partial charge in [-0.25, -0.2) is 13.1 Å². The Bertz CT molecular complexity index is 714. The Labute approximate surface area is 140 Å². The average Bonchev–Trinajstić information content (AvgIpc) is 2.96. The van der Waals surface area contributed by atoms with Crippen LogP contribution in [0.2, 0.25) is 0 Å². The van der Waals surface area contributed by atoms with E-state index in [1.807, 2.05) is 0 Å². The van der Waals surface area contributed by atoms with Crippen molar-refractivity contribution in [2.75, 3.05) is 13.2 Å². The van der Waals surface area contributed by atoms with Crippen LogP contribution in [0.1, 0.15) is 32.1 Å². The number of hydrogen-bond acceptors (Lipinski definition) is 6. The molecule has 1 aromatic carbocycles. The van der Waals surface area contributed by atoms with Gasteiger partial charge in [-0.05, 0) is 18.9 Å². The average molecular weight is 356 g/mol. The van der Waals surface area contributed by atoms with Gasteiger partial charge in [0.25, 0.3) is 5.69 Å². The normalized spacial score (nSPS) is 23.4. The van der Waals surface area contributed by atoms with Crippen LogP contribution in [0.3, 0.4) is 0 Å². The molecule has 0 radical (unpaired) electrons. The molecule has 24 heavy (non-hydrogen) atoms. The highest BCUT2D eigenvalue weighted by atomic mass is 32.2. The molecule has 2 aliphatic rings. The van der Waals surface area contributed by atoms with E-state index in [1.54, 1.807) is 0 Å². The molecule has 1 saturated heterocycles.